The molecule has 0 aliphatic carbocycles. The van der Waals surface area contributed by atoms with Crippen LogP contribution in [-0.4, -0.2) is 42.2 Å². The SMILES string of the molecule is CCCN(CC)C[C@@H](C)NC(=O)c1ccc(SC(F)F)cc1. The zero-order valence-electron chi connectivity index (χ0n) is 13.3. The number of amides is 1. The van der Waals surface area contributed by atoms with Crippen molar-refractivity contribution in [2.24, 2.45) is 0 Å². The number of likely N-dealkylation sites (N-methyl/N-ethyl adjacent to an activating group) is 1. The van der Waals surface area contributed by atoms with Gasteiger partial charge in [0.2, 0.25) is 0 Å². The number of carbonyl (C=O) groups excluding carboxylic acids is 1. The van der Waals surface area contributed by atoms with E-state index in [9.17, 15) is 13.6 Å². The summed E-state index contributed by atoms with van der Waals surface area (Å²) in [5, 5.41) is 2.94. The summed E-state index contributed by atoms with van der Waals surface area (Å²) in [7, 11) is 0. The molecule has 6 heteroatoms. The number of alkyl halides is 2. The van der Waals surface area contributed by atoms with Gasteiger partial charge in [-0.05, 0) is 50.7 Å². The van der Waals surface area contributed by atoms with Gasteiger partial charge in [-0.15, -0.1) is 0 Å². The lowest BCUT2D eigenvalue weighted by Gasteiger charge is -2.24. The van der Waals surface area contributed by atoms with Crippen LogP contribution in [0.15, 0.2) is 29.2 Å². The number of halogens is 2. The van der Waals surface area contributed by atoms with Gasteiger partial charge >= 0.3 is 0 Å². The van der Waals surface area contributed by atoms with Crippen molar-refractivity contribution in [2.45, 2.75) is 43.9 Å². The number of carbonyl (C=O) groups is 1. The number of nitrogens with zero attached hydrogens (tertiary/aromatic N) is 1. The van der Waals surface area contributed by atoms with E-state index in [1.165, 1.54) is 0 Å². The minimum Gasteiger partial charge on any atom is -0.348 e. The van der Waals surface area contributed by atoms with E-state index in [0.717, 1.165) is 26.1 Å². The van der Waals surface area contributed by atoms with Crippen LogP contribution >= 0.6 is 11.8 Å². The van der Waals surface area contributed by atoms with Crippen LogP contribution in [0.2, 0.25) is 0 Å². The first kappa shape index (κ1) is 18.9. The molecular weight excluding hydrogens is 306 g/mol. The van der Waals surface area contributed by atoms with Crippen molar-refractivity contribution in [1.29, 1.82) is 0 Å². The fourth-order valence-corrected chi connectivity index (χ4v) is 2.72. The van der Waals surface area contributed by atoms with Crippen molar-refractivity contribution in [3.63, 3.8) is 0 Å². The Bertz CT molecular complexity index is 454. The predicted octanol–water partition coefficient (Wildman–Crippen LogP) is 3.85. The zero-order chi connectivity index (χ0) is 16.5. The molecule has 1 atom stereocenters. The monoisotopic (exact) mass is 330 g/mol. The molecule has 124 valence electrons. The number of nitrogens with one attached hydrogen (secondary N) is 1. The Morgan fingerprint density at radius 2 is 1.91 bits per heavy atom. The summed E-state index contributed by atoms with van der Waals surface area (Å²) in [6.45, 7) is 8.96. The van der Waals surface area contributed by atoms with Crippen LogP contribution in [0.4, 0.5) is 8.78 Å². The largest absolute Gasteiger partial charge is 0.348 e. The molecule has 1 N–H and O–H groups in total. The van der Waals surface area contributed by atoms with Crippen molar-refractivity contribution in [1.82, 2.24) is 10.2 Å². The Kier molecular flexibility index (Phi) is 8.42. The van der Waals surface area contributed by atoms with Crippen molar-refractivity contribution in [3.8, 4) is 0 Å². The normalized spacial score (nSPS) is 12.7. The van der Waals surface area contributed by atoms with Gasteiger partial charge in [-0.1, -0.05) is 25.6 Å². The maximum Gasteiger partial charge on any atom is 0.288 e. The minimum absolute atomic E-state index is 0.0362. The molecule has 0 aromatic heterocycles. The van der Waals surface area contributed by atoms with Gasteiger partial charge in [0.25, 0.3) is 11.7 Å². The second-order valence-corrected chi connectivity index (χ2v) is 6.23. The molecule has 0 heterocycles. The first-order chi connectivity index (χ1) is 10.5. The summed E-state index contributed by atoms with van der Waals surface area (Å²) in [4.78, 5) is 14.9. The minimum atomic E-state index is -2.45. The van der Waals surface area contributed by atoms with Gasteiger partial charge in [0, 0.05) is 23.0 Å². The Morgan fingerprint density at radius 1 is 1.27 bits per heavy atom. The summed E-state index contributed by atoms with van der Waals surface area (Å²) < 4.78 is 24.5. The molecular formula is C16H24F2N2OS. The molecule has 0 aliphatic heterocycles. The molecule has 0 aliphatic rings. The van der Waals surface area contributed by atoms with Gasteiger partial charge in [0.15, 0.2) is 0 Å². The third-order valence-corrected chi connectivity index (χ3v) is 3.96. The third kappa shape index (κ3) is 6.75. The fraction of sp³-hybridized carbons (Fsp3) is 0.562. The summed E-state index contributed by atoms with van der Waals surface area (Å²) in [6, 6.07) is 6.29. The van der Waals surface area contributed by atoms with Crippen molar-refractivity contribution in [2.75, 3.05) is 19.6 Å². The van der Waals surface area contributed by atoms with Crippen molar-refractivity contribution >= 4 is 17.7 Å². The molecule has 0 saturated carbocycles. The highest BCUT2D eigenvalue weighted by molar-refractivity contribution is 7.99. The summed E-state index contributed by atoms with van der Waals surface area (Å²) in [5.41, 5.74) is 0.490. The molecule has 1 amide bonds. The van der Waals surface area contributed by atoms with E-state index in [4.69, 9.17) is 0 Å². The van der Waals surface area contributed by atoms with Gasteiger partial charge in [-0.25, -0.2) is 0 Å². The zero-order valence-corrected chi connectivity index (χ0v) is 14.1. The van der Waals surface area contributed by atoms with Crippen LogP contribution in [0.1, 0.15) is 37.6 Å². The molecule has 0 unspecified atom stereocenters. The third-order valence-electron chi connectivity index (χ3n) is 3.24. The second kappa shape index (κ2) is 9.79. The summed E-state index contributed by atoms with van der Waals surface area (Å²) in [6.07, 6.45) is 1.08. The van der Waals surface area contributed by atoms with Gasteiger partial charge in [0.1, 0.15) is 0 Å². The van der Waals surface area contributed by atoms with Crippen LogP contribution in [0, 0.1) is 0 Å². The van der Waals surface area contributed by atoms with E-state index in [-0.39, 0.29) is 11.9 Å². The number of hydrogen-bond acceptors (Lipinski definition) is 3. The molecule has 1 aromatic carbocycles. The highest BCUT2D eigenvalue weighted by Crippen LogP contribution is 2.25. The quantitative estimate of drug-likeness (QED) is 0.698. The van der Waals surface area contributed by atoms with E-state index >= 15 is 0 Å². The Hall–Kier alpha value is -1.14. The molecule has 3 nitrogen and oxygen atoms in total. The molecule has 0 saturated heterocycles. The molecule has 0 radical (unpaired) electrons. The molecule has 1 aromatic rings. The standard InChI is InChI=1S/C16H24F2N2OS/c1-4-10-20(5-2)11-12(3)19-15(21)13-6-8-14(9-7-13)22-16(17)18/h6-9,12,16H,4-5,10-11H2,1-3H3,(H,19,21)/t12-/m1/s1. The summed E-state index contributed by atoms with van der Waals surface area (Å²) >= 11 is 0.478. The first-order valence-electron chi connectivity index (χ1n) is 7.54. The maximum atomic E-state index is 12.2. The molecule has 1 rings (SSSR count). The summed E-state index contributed by atoms with van der Waals surface area (Å²) in [5.74, 6) is -2.62. The molecule has 0 fully saturated rings. The Labute approximate surface area is 135 Å². The number of benzene rings is 1. The lowest BCUT2D eigenvalue weighted by Crippen LogP contribution is -2.42. The number of rotatable bonds is 9. The van der Waals surface area contributed by atoms with Gasteiger partial charge in [-0.3, -0.25) is 4.79 Å². The average Bonchev–Trinajstić information content (AvgIpc) is 2.46. The van der Waals surface area contributed by atoms with Crippen LogP contribution < -0.4 is 5.32 Å². The number of hydrogen-bond donors (Lipinski definition) is 1. The topological polar surface area (TPSA) is 32.3 Å². The van der Waals surface area contributed by atoms with Crippen LogP contribution in [0.3, 0.4) is 0 Å². The smallest absolute Gasteiger partial charge is 0.288 e. The highest BCUT2D eigenvalue weighted by atomic mass is 32.2. The van der Waals surface area contributed by atoms with E-state index in [2.05, 4.69) is 24.1 Å². The lowest BCUT2D eigenvalue weighted by molar-refractivity contribution is 0.0929. The van der Waals surface area contributed by atoms with Crippen LogP contribution in [-0.2, 0) is 0 Å². The number of thioether (sulfide) groups is 1. The van der Waals surface area contributed by atoms with E-state index in [1.54, 1.807) is 24.3 Å². The van der Waals surface area contributed by atoms with E-state index < -0.39 is 5.76 Å². The predicted molar refractivity (Wildman–Crippen MR) is 87.6 cm³/mol. The molecule has 0 bridgehead atoms. The lowest BCUT2D eigenvalue weighted by atomic mass is 10.2. The van der Waals surface area contributed by atoms with Crippen molar-refractivity contribution < 1.29 is 13.6 Å². The fourth-order valence-electron chi connectivity index (χ4n) is 2.22. The average molecular weight is 330 g/mol. The Morgan fingerprint density at radius 3 is 2.41 bits per heavy atom. The van der Waals surface area contributed by atoms with Gasteiger partial charge < -0.3 is 10.2 Å². The van der Waals surface area contributed by atoms with E-state index in [0.29, 0.717) is 22.2 Å². The van der Waals surface area contributed by atoms with Gasteiger partial charge in [0.05, 0.1) is 0 Å². The Balaban J connectivity index is 2.53. The molecule has 0 spiro atoms. The van der Waals surface area contributed by atoms with Gasteiger partial charge in [-0.2, -0.15) is 8.78 Å². The van der Waals surface area contributed by atoms with Crippen LogP contribution in [0.5, 0.6) is 0 Å². The highest BCUT2D eigenvalue weighted by Gasteiger charge is 2.13. The first-order valence-corrected chi connectivity index (χ1v) is 8.42. The van der Waals surface area contributed by atoms with Crippen LogP contribution in [0.25, 0.3) is 0 Å². The van der Waals surface area contributed by atoms with Crippen molar-refractivity contribution in [3.05, 3.63) is 29.8 Å². The molecule has 22 heavy (non-hydrogen) atoms. The van der Waals surface area contributed by atoms with E-state index in [1.807, 2.05) is 6.92 Å². The second-order valence-electron chi connectivity index (χ2n) is 5.17. The maximum absolute atomic E-state index is 12.2.